The summed E-state index contributed by atoms with van der Waals surface area (Å²) >= 11 is 0. The van der Waals surface area contributed by atoms with Crippen LogP contribution in [0.25, 0.3) is 5.76 Å². The van der Waals surface area contributed by atoms with Crippen molar-refractivity contribution in [3.63, 3.8) is 0 Å². The van der Waals surface area contributed by atoms with Gasteiger partial charge >= 0.3 is 0 Å². The van der Waals surface area contributed by atoms with Gasteiger partial charge in [-0.05, 0) is 63.8 Å². The average molecular weight is 386 g/mol. The van der Waals surface area contributed by atoms with Gasteiger partial charge in [-0.2, -0.15) is 0 Å². The van der Waals surface area contributed by atoms with Gasteiger partial charge in [0.05, 0.1) is 5.57 Å². The highest BCUT2D eigenvalue weighted by atomic mass is 19.1. The van der Waals surface area contributed by atoms with Crippen LogP contribution in [0, 0.1) is 19.7 Å². The van der Waals surface area contributed by atoms with Crippen molar-refractivity contribution in [1.29, 1.82) is 0 Å². The monoisotopic (exact) mass is 386 g/mol. The largest absolute Gasteiger partial charge is 0.507 e. The maximum atomic E-state index is 13.6. The Morgan fingerprint density at radius 2 is 1.93 bits per heavy atom. The van der Waals surface area contributed by atoms with E-state index in [1.807, 2.05) is 19.0 Å². The highest BCUT2D eigenvalue weighted by molar-refractivity contribution is 6.46. The van der Waals surface area contributed by atoms with E-state index < -0.39 is 23.5 Å². The molecule has 0 radical (unpaired) electrons. The number of ketones is 1. The average Bonchev–Trinajstić information content (AvgIpc) is 3.17. The first-order chi connectivity index (χ1) is 13.2. The smallest absolute Gasteiger partial charge is 0.295 e. The number of likely N-dealkylation sites (N-methyl/N-ethyl adjacent to an activating group) is 1. The summed E-state index contributed by atoms with van der Waals surface area (Å²) in [5.41, 5.74) is 0.554. The number of carbonyl (C=O) groups excluding carboxylic acids is 2. The van der Waals surface area contributed by atoms with Crippen LogP contribution in [-0.2, 0) is 9.59 Å². The zero-order valence-corrected chi connectivity index (χ0v) is 16.3. The van der Waals surface area contributed by atoms with E-state index in [0.717, 1.165) is 0 Å². The number of hydrogen-bond donors (Lipinski definition) is 1. The molecule has 0 bridgehead atoms. The third-order valence-electron chi connectivity index (χ3n) is 4.79. The number of amides is 1. The molecular weight excluding hydrogens is 363 g/mol. The van der Waals surface area contributed by atoms with E-state index in [0.29, 0.717) is 30.2 Å². The molecule has 1 amide bonds. The molecule has 6 nitrogen and oxygen atoms in total. The van der Waals surface area contributed by atoms with Crippen LogP contribution < -0.4 is 0 Å². The van der Waals surface area contributed by atoms with Crippen molar-refractivity contribution in [2.45, 2.75) is 19.9 Å². The summed E-state index contributed by atoms with van der Waals surface area (Å²) in [6, 6.07) is 6.65. The Morgan fingerprint density at radius 3 is 2.50 bits per heavy atom. The minimum atomic E-state index is -0.834. The number of halogens is 1. The Balaban J connectivity index is 2.14. The van der Waals surface area contributed by atoms with Crippen LogP contribution in [-0.4, -0.2) is 53.8 Å². The van der Waals surface area contributed by atoms with Crippen molar-refractivity contribution in [2.75, 3.05) is 27.2 Å². The molecule has 1 aliphatic rings. The number of aliphatic hydroxyl groups excluding tert-OH is 1. The van der Waals surface area contributed by atoms with E-state index in [9.17, 15) is 19.1 Å². The molecule has 0 aliphatic carbocycles. The Morgan fingerprint density at radius 1 is 1.21 bits per heavy atom. The molecule has 7 heteroatoms. The second-order valence-electron chi connectivity index (χ2n) is 7.21. The second kappa shape index (κ2) is 7.59. The standard InChI is InChI=1S/C21H23FN2O4/c1-12-11-14(6-7-15(12)22)19(25)17-18(16-8-5-13(2)28-16)24(10-9-23(3)4)21(27)20(17)26/h5-8,11,18,25H,9-10H2,1-4H3/b19-17-. The Bertz CT molecular complexity index is 961. The SMILES string of the molecule is Cc1ccc(C2/C(=C(/O)c3ccc(F)c(C)c3)C(=O)C(=O)N2CCN(C)C)o1. The zero-order chi connectivity index (χ0) is 20.6. The predicted molar refractivity (Wildman–Crippen MR) is 102 cm³/mol. The molecular formula is C21H23FN2O4. The van der Waals surface area contributed by atoms with Crippen LogP contribution in [0.2, 0.25) is 0 Å². The van der Waals surface area contributed by atoms with Crippen molar-refractivity contribution in [1.82, 2.24) is 9.80 Å². The number of carbonyl (C=O) groups is 2. The molecule has 1 N–H and O–H groups in total. The van der Waals surface area contributed by atoms with Gasteiger partial charge in [0.25, 0.3) is 11.7 Å². The summed E-state index contributed by atoms with van der Waals surface area (Å²) in [6.45, 7) is 4.16. The molecule has 2 aromatic rings. The molecule has 0 spiro atoms. The maximum Gasteiger partial charge on any atom is 0.295 e. The summed E-state index contributed by atoms with van der Waals surface area (Å²) in [5.74, 6) is -1.20. The Hall–Kier alpha value is -2.93. The number of rotatable bonds is 5. The summed E-state index contributed by atoms with van der Waals surface area (Å²) in [6.07, 6.45) is 0. The van der Waals surface area contributed by atoms with Gasteiger partial charge < -0.3 is 19.3 Å². The summed E-state index contributed by atoms with van der Waals surface area (Å²) in [7, 11) is 3.73. The van der Waals surface area contributed by atoms with E-state index in [-0.39, 0.29) is 16.9 Å². The number of likely N-dealkylation sites (tertiary alicyclic amines) is 1. The minimum absolute atomic E-state index is 0.0517. The van der Waals surface area contributed by atoms with Crippen molar-refractivity contribution in [2.24, 2.45) is 0 Å². The summed E-state index contributed by atoms with van der Waals surface area (Å²) in [4.78, 5) is 28.8. The number of Topliss-reactive ketones (excluding diaryl/α,β-unsaturated/α-hetero) is 1. The number of hydrogen-bond acceptors (Lipinski definition) is 5. The minimum Gasteiger partial charge on any atom is -0.507 e. The Kier molecular flexibility index (Phi) is 5.38. The van der Waals surface area contributed by atoms with E-state index in [4.69, 9.17) is 4.42 Å². The lowest BCUT2D eigenvalue weighted by Gasteiger charge is -2.24. The molecule has 1 aliphatic heterocycles. The van der Waals surface area contributed by atoms with E-state index in [1.54, 1.807) is 26.0 Å². The topological polar surface area (TPSA) is 74.0 Å². The molecule has 2 heterocycles. The number of aliphatic hydroxyl groups is 1. The number of furan rings is 1. The van der Waals surface area contributed by atoms with Crippen molar-refractivity contribution in [3.8, 4) is 0 Å². The molecule has 148 valence electrons. The first kappa shape index (κ1) is 19.8. The first-order valence-electron chi connectivity index (χ1n) is 8.96. The third kappa shape index (κ3) is 3.57. The highest BCUT2D eigenvalue weighted by Crippen LogP contribution is 2.39. The molecule has 1 aromatic carbocycles. The quantitative estimate of drug-likeness (QED) is 0.486. The summed E-state index contributed by atoms with van der Waals surface area (Å²) < 4.78 is 19.3. The van der Waals surface area contributed by atoms with Crippen LogP contribution in [0.1, 0.15) is 28.7 Å². The van der Waals surface area contributed by atoms with Crippen molar-refractivity contribution in [3.05, 3.63) is 64.4 Å². The lowest BCUT2D eigenvalue weighted by Crippen LogP contribution is -2.35. The van der Waals surface area contributed by atoms with Gasteiger partial charge in [0, 0.05) is 18.7 Å². The fourth-order valence-electron chi connectivity index (χ4n) is 3.26. The summed E-state index contributed by atoms with van der Waals surface area (Å²) in [5, 5.41) is 10.9. The van der Waals surface area contributed by atoms with E-state index in [2.05, 4.69) is 0 Å². The molecule has 28 heavy (non-hydrogen) atoms. The molecule has 0 saturated carbocycles. The van der Waals surface area contributed by atoms with E-state index >= 15 is 0 Å². The molecule has 1 fully saturated rings. The molecule has 1 atom stereocenters. The third-order valence-corrected chi connectivity index (χ3v) is 4.79. The fourth-order valence-corrected chi connectivity index (χ4v) is 3.26. The van der Waals surface area contributed by atoms with Gasteiger partial charge in [-0.15, -0.1) is 0 Å². The molecule has 1 aromatic heterocycles. The van der Waals surface area contributed by atoms with Gasteiger partial charge in [-0.25, -0.2) is 4.39 Å². The number of aryl methyl sites for hydroxylation is 2. The van der Waals surface area contributed by atoms with Crippen LogP contribution in [0.5, 0.6) is 0 Å². The van der Waals surface area contributed by atoms with Crippen LogP contribution in [0.4, 0.5) is 4.39 Å². The maximum absolute atomic E-state index is 13.6. The molecule has 1 unspecified atom stereocenters. The first-order valence-corrected chi connectivity index (χ1v) is 8.96. The predicted octanol–water partition coefficient (Wildman–Crippen LogP) is 3.02. The van der Waals surface area contributed by atoms with Gasteiger partial charge in [-0.1, -0.05) is 0 Å². The normalized spacial score (nSPS) is 19.1. The van der Waals surface area contributed by atoms with Crippen molar-refractivity contribution < 1.29 is 23.5 Å². The van der Waals surface area contributed by atoms with Gasteiger partial charge in [0.15, 0.2) is 0 Å². The Labute approximate surface area is 162 Å². The molecule has 1 saturated heterocycles. The van der Waals surface area contributed by atoms with Crippen LogP contribution in [0.15, 0.2) is 40.3 Å². The highest BCUT2D eigenvalue weighted by Gasteiger charge is 2.47. The van der Waals surface area contributed by atoms with Gasteiger partial charge in [0.1, 0.15) is 29.1 Å². The second-order valence-corrected chi connectivity index (χ2v) is 7.21. The fraction of sp³-hybridized carbons (Fsp3) is 0.333. The van der Waals surface area contributed by atoms with Gasteiger partial charge in [-0.3, -0.25) is 9.59 Å². The zero-order valence-electron chi connectivity index (χ0n) is 16.3. The lowest BCUT2D eigenvalue weighted by molar-refractivity contribution is -0.140. The van der Waals surface area contributed by atoms with Crippen LogP contribution in [0.3, 0.4) is 0 Å². The van der Waals surface area contributed by atoms with Crippen LogP contribution >= 0.6 is 0 Å². The van der Waals surface area contributed by atoms with Crippen molar-refractivity contribution >= 4 is 17.4 Å². The lowest BCUT2D eigenvalue weighted by atomic mass is 9.98. The van der Waals surface area contributed by atoms with Gasteiger partial charge in [0.2, 0.25) is 0 Å². The number of benzene rings is 1. The molecule has 3 rings (SSSR count). The number of nitrogens with zero attached hydrogens (tertiary/aromatic N) is 2. The van der Waals surface area contributed by atoms with E-state index in [1.165, 1.54) is 23.1 Å².